The summed E-state index contributed by atoms with van der Waals surface area (Å²) in [5, 5.41) is 3.86. The number of thioether (sulfide) groups is 1. The Kier molecular flexibility index (Phi) is 4.06. The van der Waals surface area contributed by atoms with Crippen LogP contribution in [0.2, 0.25) is 0 Å². The number of carbonyl (C=O) groups excluding carboxylic acids is 1. The topological polar surface area (TPSA) is 46.3 Å². The lowest BCUT2D eigenvalue weighted by Crippen LogP contribution is -2.42. The highest BCUT2D eigenvalue weighted by Crippen LogP contribution is 2.40. The smallest absolute Gasteiger partial charge is 0.233 e. The Hall–Kier alpha value is -0.970. The first kappa shape index (κ1) is 14.0. The van der Waals surface area contributed by atoms with Crippen molar-refractivity contribution in [2.24, 2.45) is 5.92 Å². The molecule has 2 saturated carbocycles. The quantitative estimate of drug-likeness (QED) is 0.775. The van der Waals surface area contributed by atoms with Gasteiger partial charge in [0.2, 0.25) is 5.91 Å². The van der Waals surface area contributed by atoms with E-state index in [0.717, 1.165) is 23.1 Å². The molecule has 1 heterocycles. The Bertz CT molecular complexity index is 480. The highest BCUT2D eigenvalue weighted by atomic mass is 32.2. The summed E-state index contributed by atoms with van der Waals surface area (Å²) in [5.74, 6) is 3.18. The largest absolute Gasteiger partial charge is 0.360 e. The van der Waals surface area contributed by atoms with Gasteiger partial charge in [-0.05, 0) is 45.4 Å². The summed E-state index contributed by atoms with van der Waals surface area (Å²) < 4.78 is 5.17. The third-order valence-electron chi connectivity index (χ3n) is 4.12. The SMILES string of the molecule is Cc1cc(CSCC(=O)N(C2CC2)[C@H](C)C2CC2)on1. The fourth-order valence-electron chi connectivity index (χ4n) is 2.72. The van der Waals surface area contributed by atoms with Gasteiger partial charge in [0.15, 0.2) is 0 Å². The lowest BCUT2D eigenvalue weighted by Gasteiger charge is -2.29. The minimum Gasteiger partial charge on any atom is -0.360 e. The fraction of sp³-hybridized carbons (Fsp3) is 0.733. The van der Waals surface area contributed by atoms with Gasteiger partial charge < -0.3 is 9.42 Å². The molecule has 1 aromatic rings. The molecule has 0 saturated heterocycles. The summed E-state index contributed by atoms with van der Waals surface area (Å²) >= 11 is 1.63. The van der Waals surface area contributed by atoms with Crippen LogP contribution in [0.5, 0.6) is 0 Å². The number of amides is 1. The molecular weight excluding hydrogens is 272 g/mol. The van der Waals surface area contributed by atoms with Crippen LogP contribution in [0.1, 0.15) is 44.1 Å². The molecule has 0 aromatic carbocycles. The van der Waals surface area contributed by atoms with Crippen LogP contribution < -0.4 is 0 Å². The van der Waals surface area contributed by atoms with Crippen LogP contribution in [0.25, 0.3) is 0 Å². The molecule has 0 aliphatic heterocycles. The summed E-state index contributed by atoms with van der Waals surface area (Å²) in [5.41, 5.74) is 0.897. The zero-order chi connectivity index (χ0) is 14.1. The Balaban J connectivity index is 1.49. The highest BCUT2D eigenvalue weighted by Gasteiger charge is 2.41. The fourth-order valence-corrected chi connectivity index (χ4v) is 3.48. The second-order valence-corrected chi connectivity index (χ2v) is 7.02. The van der Waals surface area contributed by atoms with Crippen LogP contribution in [-0.4, -0.2) is 33.8 Å². The van der Waals surface area contributed by atoms with E-state index in [1.807, 2.05) is 13.0 Å². The van der Waals surface area contributed by atoms with Gasteiger partial charge in [-0.2, -0.15) is 0 Å². The second kappa shape index (κ2) is 5.80. The molecule has 1 amide bonds. The minimum absolute atomic E-state index is 0.299. The van der Waals surface area contributed by atoms with E-state index in [1.165, 1.54) is 25.7 Å². The van der Waals surface area contributed by atoms with E-state index in [4.69, 9.17) is 4.52 Å². The summed E-state index contributed by atoms with van der Waals surface area (Å²) in [6.45, 7) is 4.13. The molecule has 110 valence electrons. The molecule has 4 nitrogen and oxygen atoms in total. The average molecular weight is 294 g/mol. The van der Waals surface area contributed by atoms with Crippen molar-refractivity contribution < 1.29 is 9.32 Å². The molecule has 3 rings (SSSR count). The van der Waals surface area contributed by atoms with E-state index < -0.39 is 0 Å². The van der Waals surface area contributed by atoms with Crippen LogP contribution in [0.4, 0.5) is 0 Å². The molecule has 0 N–H and O–H groups in total. The molecular formula is C15H22N2O2S. The zero-order valence-corrected chi connectivity index (χ0v) is 13.0. The summed E-state index contributed by atoms with van der Waals surface area (Å²) in [6.07, 6.45) is 4.97. The average Bonchev–Trinajstić information content (AvgIpc) is 3.30. The summed E-state index contributed by atoms with van der Waals surface area (Å²) in [4.78, 5) is 14.6. The molecule has 5 heteroatoms. The van der Waals surface area contributed by atoms with Crippen molar-refractivity contribution in [3.63, 3.8) is 0 Å². The van der Waals surface area contributed by atoms with Crippen LogP contribution in [0, 0.1) is 12.8 Å². The van der Waals surface area contributed by atoms with Gasteiger partial charge in [-0.15, -0.1) is 11.8 Å². The van der Waals surface area contributed by atoms with Gasteiger partial charge in [0.05, 0.1) is 17.2 Å². The van der Waals surface area contributed by atoms with Gasteiger partial charge in [-0.25, -0.2) is 0 Å². The number of carbonyl (C=O) groups is 1. The van der Waals surface area contributed by atoms with E-state index in [1.54, 1.807) is 11.8 Å². The zero-order valence-electron chi connectivity index (χ0n) is 12.2. The number of hydrogen-bond acceptors (Lipinski definition) is 4. The van der Waals surface area contributed by atoms with Crippen LogP contribution in [-0.2, 0) is 10.5 Å². The van der Waals surface area contributed by atoms with E-state index in [0.29, 0.717) is 23.7 Å². The van der Waals surface area contributed by atoms with Gasteiger partial charge in [-0.3, -0.25) is 4.79 Å². The van der Waals surface area contributed by atoms with Crippen molar-refractivity contribution in [1.29, 1.82) is 0 Å². The first-order valence-corrected chi connectivity index (χ1v) is 8.61. The lowest BCUT2D eigenvalue weighted by molar-refractivity contribution is -0.131. The monoisotopic (exact) mass is 294 g/mol. The third kappa shape index (κ3) is 3.37. The molecule has 0 bridgehead atoms. The number of aryl methyl sites for hydroxylation is 1. The van der Waals surface area contributed by atoms with Crippen molar-refractivity contribution in [3.05, 3.63) is 17.5 Å². The van der Waals surface area contributed by atoms with E-state index >= 15 is 0 Å². The van der Waals surface area contributed by atoms with Gasteiger partial charge >= 0.3 is 0 Å². The maximum Gasteiger partial charge on any atom is 0.233 e. The van der Waals surface area contributed by atoms with Crippen molar-refractivity contribution >= 4 is 17.7 Å². The first-order chi connectivity index (χ1) is 9.65. The molecule has 0 spiro atoms. The van der Waals surface area contributed by atoms with Crippen molar-refractivity contribution in [2.45, 2.75) is 57.4 Å². The van der Waals surface area contributed by atoms with E-state index in [2.05, 4.69) is 17.0 Å². The van der Waals surface area contributed by atoms with E-state index in [9.17, 15) is 4.79 Å². The number of aromatic nitrogens is 1. The standard InChI is InChI=1S/C15H22N2O2S/c1-10-7-14(19-16-10)8-20-9-15(18)17(13-5-6-13)11(2)12-3-4-12/h7,11-13H,3-6,8-9H2,1-2H3/t11-/m1/s1. The van der Waals surface area contributed by atoms with Crippen molar-refractivity contribution in [2.75, 3.05) is 5.75 Å². The van der Waals surface area contributed by atoms with E-state index in [-0.39, 0.29) is 0 Å². The Morgan fingerprint density at radius 1 is 1.50 bits per heavy atom. The Morgan fingerprint density at radius 3 is 2.80 bits per heavy atom. The lowest BCUT2D eigenvalue weighted by atomic mass is 10.2. The predicted octanol–water partition coefficient (Wildman–Crippen LogP) is 3.01. The molecule has 0 radical (unpaired) electrons. The first-order valence-electron chi connectivity index (χ1n) is 7.46. The Morgan fingerprint density at radius 2 is 2.25 bits per heavy atom. The molecule has 0 unspecified atom stereocenters. The number of nitrogens with zero attached hydrogens (tertiary/aromatic N) is 2. The third-order valence-corrected chi connectivity index (χ3v) is 5.06. The molecule has 1 aromatic heterocycles. The molecule has 20 heavy (non-hydrogen) atoms. The summed E-state index contributed by atoms with van der Waals surface area (Å²) in [6, 6.07) is 2.89. The molecule has 2 aliphatic carbocycles. The minimum atomic E-state index is 0.299. The van der Waals surface area contributed by atoms with Crippen LogP contribution in [0.3, 0.4) is 0 Å². The molecule has 2 aliphatic rings. The highest BCUT2D eigenvalue weighted by molar-refractivity contribution is 7.99. The summed E-state index contributed by atoms with van der Waals surface area (Å²) in [7, 11) is 0. The van der Waals surface area contributed by atoms with Gasteiger partial charge in [0, 0.05) is 18.2 Å². The predicted molar refractivity (Wildman–Crippen MR) is 79.5 cm³/mol. The van der Waals surface area contributed by atoms with Crippen LogP contribution >= 0.6 is 11.8 Å². The van der Waals surface area contributed by atoms with Gasteiger partial charge in [0.25, 0.3) is 0 Å². The van der Waals surface area contributed by atoms with Gasteiger partial charge in [-0.1, -0.05) is 5.16 Å². The molecule has 2 fully saturated rings. The van der Waals surface area contributed by atoms with Crippen LogP contribution in [0.15, 0.2) is 10.6 Å². The van der Waals surface area contributed by atoms with Gasteiger partial charge in [0.1, 0.15) is 5.76 Å². The Labute approximate surface area is 124 Å². The molecule has 1 atom stereocenters. The van der Waals surface area contributed by atoms with Crippen molar-refractivity contribution in [1.82, 2.24) is 10.1 Å². The maximum atomic E-state index is 12.5. The number of hydrogen-bond donors (Lipinski definition) is 0. The number of rotatable bonds is 7. The maximum absolute atomic E-state index is 12.5. The van der Waals surface area contributed by atoms with Crippen molar-refractivity contribution in [3.8, 4) is 0 Å². The normalized spacial score (nSPS) is 19.9. The second-order valence-electron chi connectivity index (χ2n) is 6.04.